The number of likely N-dealkylation sites (tertiary alicyclic amines) is 1. The lowest BCUT2D eigenvalue weighted by Gasteiger charge is -2.26. The van der Waals surface area contributed by atoms with Gasteiger partial charge in [0.05, 0.1) is 20.8 Å². The van der Waals surface area contributed by atoms with Gasteiger partial charge in [-0.15, -0.1) is 0 Å². The molecule has 1 N–H and O–H groups in total. The highest BCUT2D eigenvalue weighted by Gasteiger charge is 2.30. The number of carbonyl (C=O) groups excluding carboxylic acids is 1. The van der Waals surface area contributed by atoms with Crippen LogP contribution >= 0.6 is 0 Å². The number of amides is 1. The largest absolute Gasteiger partial charge is 0.497 e. The van der Waals surface area contributed by atoms with Crippen LogP contribution in [0, 0.1) is 13.8 Å². The maximum absolute atomic E-state index is 12.6. The molecule has 0 unspecified atom stereocenters. The van der Waals surface area contributed by atoms with Gasteiger partial charge in [-0.3, -0.25) is 9.69 Å². The highest BCUT2D eigenvalue weighted by molar-refractivity contribution is 5.92. The van der Waals surface area contributed by atoms with Crippen molar-refractivity contribution in [2.45, 2.75) is 32.7 Å². The summed E-state index contributed by atoms with van der Waals surface area (Å²) in [5, 5.41) is 3.04. The van der Waals surface area contributed by atoms with E-state index in [9.17, 15) is 4.79 Å². The standard InChI is InChI=1S/C22H28N2O3/c1-15-10-16(2)12-17(11-15)23-22(25)14-24-9-5-6-20(24)19-13-18(26-3)7-8-21(19)27-4/h7-8,10-13,20H,5-6,9,14H2,1-4H3,(H,23,25)/t20-/m1/s1. The zero-order valence-electron chi connectivity index (χ0n) is 16.5. The van der Waals surface area contributed by atoms with Crippen molar-refractivity contribution in [1.82, 2.24) is 4.90 Å². The van der Waals surface area contributed by atoms with Crippen molar-refractivity contribution in [1.29, 1.82) is 0 Å². The summed E-state index contributed by atoms with van der Waals surface area (Å²) in [4.78, 5) is 14.9. The molecule has 1 fully saturated rings. The van der Waals surface area contributed by atoms with Crippen molar-refractivity contribution in [2.24, 2.45) is 0 Å². The Bertz CT molecular complexity index is 799. The topological polar surface area (TPSA) is 50.8 Å². The van der Waals surface area contributed by atoms with Crippen LogP contribution < -0.4 is 14.8 Å². The molecule has 1 aliphatic rings. The lowest BCUT2D eigenvalue weighted by atomic mass is 10.0. The van der Waals surface area contributed by atoms with Gasteiger partial charge in [0.25, 0.3) is 0 Å². The minimum absolute atomic E-state index is 0.00811. The molecular weight excluding hydrogens is 340 g/mol. The number of aryl methyl sites for hydroxylation is 2. The van der Waals surface area contributed by atoms with Gasteiger partial charge >= 0.3 is 0 Å². The molecule has 144 valence electrons. The monoisotopic (exact) mass is 368 g/mol. The zero-order valence-corrected chi connectivity index (χ0v) is 16.5. The molecule has 0 aromatic heterocycles. The number of nitrogens with one attached hydrogen (secondary N) is 1. The summed E-state index contributed by atoms with van der Waals surface area (Å²) >= 11 is 0. The Morgan fingerprint density at radius 2 is 1.85 bits per heavy atom. The SMILES string of the molecule is COc1ccc(OC)c([C@H]2CCCN2CC(=O)Nc2cc(C)cc(C)c2)c1. The second kappa shape index (κ2) is 8.44. The fourth-order valence-corrected chi connectivity index (χ4v) is 3.90. The molecule has 3 rings (SSSR count). The second-order valence-corrected chi connectivity index (χ2v) is 7.16. The van der Waals surface area contributed by atoms with Gasteiger partial charge in [-0.1, -0.05) is 6.07 Å². The van der Waals surface area contributed by atoms with Crippen LogP contribution in [0.2, 0.25) is 0 Å². The number of ether oxygens (including phenoxy) is 2. The minimum Gasteiger partial charge on any atom is -0.497 e. The van der Waals surface area contributed by atoms with E-state index in [1.165, 1.54) is 0 Å². The summed E-state index contributed by atoms with van der Waals surface area (Å²) in [6, 6.07) is 12.1. The highest BCUT2D eigenvalue weighted by Crippen LogP contribution is 2.38. The quantitative estimate of drug-likeness (QED) is 0.834. The van der Waals surface area contributed by atoms with Crippen LogP contribution in [0.25, 0.3) is 0 Å². The lowest BCUT2D eigenvalue weighted by Crippen LogP contribution is -2.33. The Balaban J connectivity index is 1.74. The van der Waals surface area contributed by atoms with E-state index < -0.39 is 0 Å². The first-order chi connectivity index (χ1) is 13.0. The minimum atomic E-state index is 0.00811. The van der Waals surface area contributed by atoms with Crippen LogP contribution in [-0.4, -0.2) is 38.1 Å². The Kier molecular flexibility index (Phi) is 6.01. The number of carbonyl (C=O) groups is 1. The third-order valence-electron chi connectivity index (χ3n) is 5.01. The van der Waals surface area contributed by atoms with Crippen LogP contribution in [-0.2, 0) is 4.79 Å². The third-order valence-corrected chi connectivity index (χ3v) is 5.01. The number of hydrogen-bond acceptors (Lipinski definition) is 4. The van der Waals surface area contributed by atoms with E-state index in [2.05, 4.69) is 16.3 Å². The van der Waals surface area contributed by atoms with Gasteiger partial charge in [-0.2, -0.15) is 0 Å². The summed E-state index contributed by atoms with van der Waals surface area (Å²) in [6.07, 6.45) is 2.06. The van der Waals surface area contributed by atoms with Crippen LogP contribution in [0.3, 0.4) is 0 Å². The Labute approximate surface area is 161 Å². The molecule has 0 aliphatic carbocycles. The van der Waals surface area contributed by atoms with Crippen LogP contribution in [0.15, 0.2) is 36.4 Å². The predicted octanol–water partition coefficient (Wildman–Crippen LogP) is 4.10. The van der Waals surface area contributed by atoms with E-state index in [-0.39, 0.29) is 11.9 Å². The summed E-state index contributed by atoms with van der Waals surface area (Å²) < 4.78 is 10.9. The fourth-order valence-electron chi connectivity index (χ4n) is 3.90. The van der Waals surface area contributed by atoms with Crippen molar-refractivity contribution in [3.8, 4) is 11.5 Å². The molecule has 0 spiro atoms. The maximum atomic E-state index is 12.6. The summed E-state index contributed by atoms with van der Waals surface area (Å²) in [6.45, 7) is 5.33. The maximum Gasteiger partial charge on any atom is 0.238 e. The molecule has 27 heavy (non-hydrogen) atoms. The average molecular weight is 368 g/mol. The Hall–Kier alpha value is -2.53. The smallest absolute Gasteiger partial charge is 0.238 e. The van der Waals surface area contributed by atoms with Crippen molar-refractivity contribution in [2.75, 3.05) is 32.6 Å². The van der Waals surface area contributed by atoms with E-state index in [0.717, 1.165) is 53.3 Å². The molecule has 5 heteroatoms. The number of anilines is 1. The van der Waals surface area contributed by atoms with Crippen molar-refractivity contribution >= 4 is 11.6 Å². The molecule has 0 radical (unpaired) electrons. The number of nitrogens with zero attached hydrogens (tertiary/aromatic N) is 1. The second-order valence-electron chi connectivity index (χ2n) is 7.16. The molecule has 1 aliphatic heterocycles. The molecule has 1 saturated heterocycles. The highest BCUT2D eigenvalue weighted by atomic mass is 16.5. The molecule has 2 aromatic carbocycles. The van der Waals surface area contributed by atoms with Gasteiger partial charge in [-0.05, 0) is 74.7 Å². The predicted molar refractivity (Wildman–Crippen MR) is 108 cm³/mol. The summed E-state index contributed by atoms with van der Waals surface area (Å²) in [7, 11) is 3.34. The van der Waals surface area contributed by atoms with Gasteiger partial charge < -0.3 is 14.8 Å². The molecule has 5 nitrogen and oxygen atoms in total. The lowest BCUT2D eigenvalue weighted by molar-refractivity contribution is -0.117. The van der Waals surface area contributed by atoms with Crippen molar-refractivity contribution in [3.63, 3.8) is 0 Å². The van der Waals surface area contributed by atoms with Gasteiger partial charge in [0.2, 0.25) is 5.91 Å². The van der Waals surface area contributed by atoms with Crippen molar-refractivity contribution < 1.29 is 14.3 Å². The van der Waals surface area contributed by atoms with E-state index in [1.807, 2.05) is 44.2 Å². The molecule has 2 aromatic rings. The van der Waals surface area contributed by atoms with E-state index in [0.29, 0.717) is 6.54 Å². The molecule has 1 atom stereocenters. The molecule has 1 amide bonds. The molecule has 0 saturated carbocycles. The number of rotatable bonds is 6. The number of benzene rings is 2. The van der Waals surface area contributed by atoms with Crippen LogP contribution in [0.1, 0.15) is 35.6 Å². The summed E-state index contributed by atoms with van der Waals surface area (Å²) in [5.41, 5.74) is 4.22. The first kappa shape index (κ1) is 19.2. The van der Waals surface area contributed by atoms with E-state index >= 15 is 0 Å². The van der Waals surface area contributed by atoms with Gasteiger partial charge in [0.15, 0.2) is 0 Å². The van der Waals surface area contributed by atoms with Gasteiger partial charge in [0.1, 0.15) is 11.5 Å². The normalized spacial score (nSPS) is 17.0. The molecular formula is C22H28N2O3. The van der Waals surface area contributed by atoms with Gasteiger partial charge in [0, 0.05) is 17.3 Å². The zero-order chi connectivity index (χ0) is 19.4. The van der Waals surface area contributed by atoms with Crippen LogP contribution in [0.4, 0.5) is 5.69 Å². The number of methoxy groups -OCH3 is 2. The average Bonchev–Trinajstić information content (AvgIpc) is 3.07. The molecule has 1 heterocycles. The Morgan fingerprint density at radius 1 is 1.11 bits per heavy atom. The first-order valence-corrected chi connectivity index (χ1v) is 9.34. The third kappa shape index (κ3) is 4.61. The number of hydrogen-bond donors (Lipinski definition) is 1. The summed E-state index contributed by atoms with van der Waals surface area (Å²) in [5.74, 6) is 1.65. The van der Waals surface area contributed by atoms with Gasteiger partial charge in [-0.25, -0.2) is 0 Å². The Morgan fingerprint density at radius 3 is 2.52 bits per heavy atom. The fraction of sp³-hybridized carbons (Fsp3) is 0.409. The van der Waals surface area contributed by atoms with E-state index in [1.54, 1.807) is 14.2 Å². The van der Waals surface area contributed by atoms with Crippen LogP contribution in [0.5, 0.6) is 11.5 Å². The molecule has 0 bridgehead atoms. The van der Waals surface area contributed by atoms with Crippen molar-refractivity contribution in [3.05, 3.63) is 53.1 Å². The van der Waals surface area contributed by atoms with E-state index in [4.69, 9.17) is 9.47 Å². The first-order valence-electron chi connectivity index (χ1n) is 9.34.